The first-order valence-corrected chi connectivity index (χ1v) is 10.2. The molecule has 0 aliphatic heterocycles. The molecule has 0 aliphatic carbocycles. The van der Waals surface area contributed by atoms with Gasteiger partial charge in [0.15, 0.2) is 28.6 Å². The molecule has 31 heavy (non-hydrogen) atoms. The van der Waals surface area contributed by atoms with Gasteiger partial charge in [-0.25, -0.2) is 0 Å². The molecule has 3 aromatic carbocycles. The van der Waals surface area contributed by atoms with Gasteiger partial charge in [0.05, 0.1) is 19.6 Å². The van der Waals surface area contributed by atoms with Crippen LogP contribution < -0.4 is 19.6 Å². The SMILES string of the molecule is COc1cc(-c2oc3c(OC)cc(Br)cc3c(=O)c2O)ccc1OCc1ccccc1. The van der Waals surface area contributed by atoms with E-state index >= 15 is 0 Å². The van der Waals surface area contributed by atoms with Crippen LogP contribution in [0.3, 0.4) is 0 Å². The fourth-order valence-electron chi connectivity index (χ4n) is 3.23. The summed E-state index contributed by atoms with van der Waals surface area (Å²) < 4.78 is 23.2. The second-order valence-electron chi connectivity index (χ2n) is 6.73. The predicted molar refractivity (Wildman–Crippen MR) is 121 cm³/mol. The number of methoxy groups -OCH3 is 2. The Labute approximate surface area is 186 Å². The summed E-state index contributed by atoms with van der Waals surface area (Å²) in [5, 5.41) is 10.8. The maximum absolute atomic E-state index is 12.8. The van der Waals surface area contributed by atoms with Gasteiger partial charge in [-0.3, -0.25) is 4.79 Å². The molecule has 0 saturated heterocycles. The first-order valence-electron chi connectivity index (χ1n) is 9.40. The highest BCUT2D eigenvalue weighted by molar-refractivity contribution is 9.10. The molecule has 4 rings (SSSR count). The summed E-state index contributed by atoms with van der Waals surface area (Å²) >= 11 is 3.33. The summed E-state index contributed by atoms with van der Waals surface area (Å²) in [5.74, 6) is 0.869. The van der Waals surface area contributed by atoms with Gasteiger partial charge in [-0.1, -0.05) is 46.3 Å². The van der Waals surface area contributed by atoms with Crippen molar-refractivity contribution in [3.05, 3.63) is 80.9 Å². The van der Waals surface area contributed by atoms with E-state index in [-0.39, 0.29) is 16.7 Å². The van der Waals surface area contributed by atoms with Gasteiger partial charge in [-0.15, -0.1) is 0 Å². The van der Waals surface area contributed by atoms with Gasteiger partial charge >= 0.3 is 0 Å². The quantitative estimate of drug-likeness (QED) is 0.389. The van der Waals surface area contributed by atoms with Gasteiger partial charge in [-0.05, 0) is 35.9 Å². The smallest absolute Gasteiger partial charge is 0.235 e. The van der Waals surface area contributed by atoms with Crippen molar-refractivity contribution >= 4 is 26.9 Å². The summed E-state index contributed by atoms with van der Waals surface area (Å²) in [4.78, 5) is 12.8. The van der Waals surface area contributed by atoms with E-state index in [1.807, 2.05) is 30.3 Å². The van der Waals surface area contributed by atoms with Gasteiger partial charge in [0.2, 0.25) is 11.2 Å². The van der Waals surface area contributed by atoms with Crippen molar-refractivity contribution in [3.63, 3.8) is 0 Å². The molecular weight excluding hydrogens is 464 g/mol. The standard InChI is InChI=1S/C24H19BrO6/c1-28-19-10-15(8-9-18(19)30-13-14-6-4-3-5-7-14)23-22(27)21(26)17-11-16(25)12-20(29-2)24(17)31-23/h3-12,27H,13H2,1-2H3. The molecule has 0 radical (unpaired) electrons. The van der Waals surface area contributed by atoms with Crippen molar-refractivity contribution in [2.24, 2.45) is 0 Å². The molecule has 0 spiro atoms. The predicted octanol–water partition coefficient (Wildman–Crippen LogP) is 5.52. The topological polar surface area (TPSA) is 78.1 Å². The first-order chi connectivity index (χ1) is 15.0. The molecule has 0 atom stereocenters. The Kier molecular flexibility index (Phi) is 5.86. The number of aromatic hydroxyl groups is 1. The van der Waals surface area contributed by atoms with Crippen LogP contribution in [-0.4, -0.2) is 19.3 Å². The lowest BCUT2D eigenvalue weighted by atomic mass is 10.1. The number of fused-ring (bicyclic) bond motifs is 1. The van der Waals surface area contributed by atoms with Gasteiger partial charge < -0.3 is 23.7 Å². The zero-order valence-electron chi connectivity index (χ0n) is 16.8. The van der Waals surface area contributed by atoms with Crippen LogP contribution in [0.5, 0.6) is 23.0 Å². The van der Waals surface area contributed by atoms with Gasteiger partial charge in [0.1, 0.15) is 6.61 Å². The minimum absolute atomic E-state index is 0.0195. The zero-order chi connectivity index (χ0) is 22.0. The Morgan fingerprint density at radius 1 is 0.935 bits per heavy atom. The summed E-state index contributed by atoms with van der Waals surface area (Å²) in [6.07, 6.45) is 0. The van der Waals surface area contributed by atoms with E-state index in [9.17, 15) is 9.90 Å². The van der Waals surface area contributed by atoms with Crippen molar-refractivity contribution < 1.29 is 23.7 Å². The van der Waals surface area contributed by atoms with Gasteiger partial charge in [-0.2, -0.15) is 0 Å². The molecule has 1 aromatic heterocycles. The van der Waals surface area contributed by atoms with Crippen molar-refractivity contribution in [1.29, 1.82) is 0 Å². The minimum Gasteiger partial charge on any atom is -0.502 e. The maximum Gasteiger partial charge on any atom is 0.235 e. The number of rotatable bonds is 6. The lowest BCUT2D eigenvalue weighted by Crippen LogP contribution is -2.04. The van der Waals surface area contributed by atoms with Crippen LogP contribution in [0.1, 0.15) is 5.56 Å². The molecule has 1 heterocycles. The van der Waals surface area contributed by atoms with Crippen LogP contribution >= 0.6 is 15.9 Å². The molecule has 0 amide bonds. The highest BCUT2D eigenvalue weighted by atomic mass is 79.9. The molecular formula is C24H19BrO6. The third-order valence-electron chi connectivity index (χ3n) is 4.78. The number of hydrogen-bond donors (Lipinski definition) is 1. The lowest BCUT2D eigenvalue weighted by Gasteiger charge is -2.13. The van der Waals surface area contributed by atoms with E-state index in [2.05, 4.69) is 15.9 Å². The molecule has 6 nitrogen and oxygen atoms in total. The van der Waals surface area contributed by atoms with E-state index in [0.717, 1.165) is 5.56 Å². The summed E-state index contributed by atoms with van der Waals surface area (Å²) in [6, 6.07) is 18.1. The van der Waals surface area contributed by atoms with Crippen LogP contribution in [0.15, 0.2) is 74.3 Å². The van der Waals surface area contributed by atoms with E-state index in [1.165, 1.54) is 14.2 Å². The fourth-order valence-corrected chi connectivity index (χ4v) is 3.67. The highest BCUT2D eigenvalue weighted by Gasteiger charge is 2.20. The first kappa shape index (κ1) is 20.8. The van der Waals surface area contributed by atoms with Crippen LogP contribution in [0.2, 0.25) is 0 Å². The Bertz CT molecular complexity index is 1300. The summed E-state index contributed by atoms with van der Waals surface area (Å²) in [7, 11) is 3.00. The molecule has 7 heteroatoms. The van der Waals surface area contributed by atoms with Crippen LogP contribution in [0.25, 0.3) is 22.3 Å². The number of hydrogen-bond acceptors (Lipinski definition) is 6. The number of ether oxygens (including phenoxy) is 3. The monoisotopic (exact) mass is 482 g/mol. The van der Waals surface area contributed by atoms with Crippen LogP contribution in [-0.2, 0) is 6.61 Å². The zero-order valence-corrected chi connectivity index (χ0v) is 18.4. The molecule has 0 bridgehead atoms. The van der Waals surface area contributed by atoms with E-state index in [4.69, 9.17) is 18.6 Å². The van der Waals surface area contributed by atoms with Crippen molar-refractivity contribution in [2.45, 2.75) is 6.61 Å². The van der Waals surface area contributed by atoms with Gasteiger partial charge in [0.25, 0.3) is 0 Å². The molecule has 158 valence electrons. The lowest BCUT2D eigenvalue weighted by molar-refractivity contribution is 0.284. The summed E-state index contributed by atoms with van der Waals surface area (Å²) in [5.41, 5.74) is 1.17. The van der Waals surface area contributed by atoms with E-state index in [0.29, 0.717) is 33.9 Å². The Morgan fingerprint density at radius 3 is 2.39 bits per heavy atom. The Hall–Kier alpha value is -3.45. The van der Waals surface area contributed by atoms with Crippen molar-refractivity contribution in [3.8, 4) is 34.3 Å². The second-order valence-corrected chi connectivity index (χ2v) is 7.65. The third kappa shape index (κ3) is 4.09. The fraction of sp³-hybridized carbons (Fsp3) is 0.125. The van der Waals surface area contributed by atoms with Crippen molar-refractivity contribution in [2.75, 3.05) is 14.2 Å². The Balaban J connectivity index is 1.76. The maximum atomic E-state index is 12.8. The Morgan fingerprint density at radius 2 is 1.68 bits per heavy atom. The highest BCUT2D eigenvalue weighted by Crippen LogP contribution is 2.39. The van der Waals surface area contributed by atoms with E-state index < -0.39 is 11.2 Å². The van der Waals surface area contributed by atoms with Gasteiger partial charge in [0, 0.05) is 10.0 Å². The molecule has 0 fully saturated rings. The molecule has 4 aromatic rings. The average Bonchev–Trinajstić information content (AvgIpc) is 2.80. The van der Waals surface area contributed by atoms with E-state index in [1.54, 1.807) is 30.3 Å². The van der Waals surface area contributed by atoms with Crippen LogP contribution in [0.4, 0.5) is 0 Å². The molecule has 0 unspecified atom stereocenters. The summed E-state index contributed by atoms with van der Waals surface area (Å²) in [6.45, 7) is 0.374. The number of benzene rings is 3. The molecule has 0 aliphatic rings. The minimum atomic E-state index is -0.556. The normalized spacial score (nSPS) is 10.8. The second kappa shape index (κ2) is 8.73. The molecule has 0 saturated carbocycles. The van der Waals surface area contributed by atoms with Crippen LogP contribution in [0, 0.1) is 0 Å². The molecule has 1 N–H and O–H groups in total. The largest absolute Gasteiger partial charge is 0.502 e. The average molecular weight is 483 g/mol. The third-order valence-corrected chi connectivity index (χ3v) is 5.24. The van der Waals surface area contributed by atoms with Crippen molar-refractivity contribution in [1.82, 2.24) is 0 Å². The number of halogens is 1.